The first-order valence-corrected chi connectivity index (χ1v) is 6.75. The fourth-order valence-corrected chi connectivity index (χ4v) is 1.72. The predicted octanol–water partition coefficient (Wildman–Crippen LogP) is 3.21. The molecule has 0 bridgehead atoms. The van der Waals surface area contributed by atoms with E-state index in [0.717, 1.165) is 16.9 Å². The first kappa shape index (κ1) is 15.1. The van der Waals surface area contributed by atoms with Gasteiger partial charge in [-0.1, -0.05) is 6.58 Å². The van der Waals surface area contributed by atoms with Crippen molar-refractivity contribution in [1.29, 1.82) is 0 Å². The molecule has 5 heteroatoms. The number of benzene rings is 1. The van der Waals surface area contributed by atoms with E-state index in [9.17, 15) is 4.79 Å². The molecular formula is C16H20N2O3. The van der Waals surface area contributed by atoms with Gasteiger partial charge in [0, 0.05) is 5.56 Å². The average molecular weight is 288 g/mol. The minimum absolute atomic E-state index is 0.307. The van der Waals surface area contributed by atoms with Crippen LogP contribution in [-0.4, -0.2) is 16.4 Å². The Kier molecular flexibility index (Phi) is 4.02. The molecule has 1 aromatic heterocycles. The minimum Gasteiger partial charge on any atom is -0.489 e. The second-order valence-corrected chi connectivity index (χ2v) is 6.03. The Bertz CT molecular complexity index is 688. The lowest BCUT2D eigenvalue weighted by Crippen LogP contribution is -2.32. The van der Waals surface area contributed by atoms with Crippen LogP contribution in [0.4, 0.5) is 0 Å². The second kappa shape index (κ2) is 5.60. The summed E-state index contributed by atoms with van der Waals surface area (Å²) in [5.41, 5.74) is 1.27. The van der Waals surface area contributed by atoms with Crippen molar-refractivity contribution in [3.05, 3.63) is 47.0 Å². The number of rotatable bonds is 4. The van der Waals surface area contributed by atoms with E-state index < -0.39 is 11.3 Å². The smallest absolute Gasteiger partial charge is 0.437 e. The van der Waals surface area contributed by atoms with Crippen molar-refractivity contribution in [3.63, 3.8) is 0 Å². The van der Waals surface area contributed by atoms with Crippen LogP contribution in [0.1, 0.15) is 27.7 Å². The van der Waals surface area contributed by atoms with Crippen LogP contribution in [0.2, 0.25) is 0 Å². The van der Waals surface area contributed by atoms with Gasteiger partial charge in [-0.3, -0.25) is 0 Å². The quantitative estimate of drug-likeness (QED) is 0.811. The minimum atomic E-state index is -0.458. The van der Waals surface area contributed by atoms with Crippen LogP contribution in [0.5, 0.6) is 5.75 Å². The topological polar surface area (TPSA) is 57.3 Å². The Morgan fingerprint density at radius 1 is 1.33 bits per heavy atom. The molecule has 0 radical (unpaired) electrons. The summed E-state index contributed by atoms with van der Waals surface area (Å²) in [5, 5.41) is 4.24. The third-order valence-corrected chi connectivity index (χ3v) is 2.77. The maximum absolute atomic E-state index is 11.8. The van der Waals surface area contributed by atoms with E-state index in [1.54, 1.807) is 0 Å². The van der Waals surface area contributed by atoms with E-state index in [1.165, 1.54) is 4.68 Å². The lowest BCUT2D eigenvalue weighted by molar-refractivity contribution is 0.325. The normalized spacial score (nSPS) is 11.4. The summed E-state index contributed by atoms with van der Waals surface area (Å²) < 4.78 is 12.1. The van der Waals surface area contributed by atoms with E-state index in [-0.39, 0.29) is 0 Å². The van der Waals surface area contributed by atoms with Gasteiger partial charge in [-0.05, 0) is 57.5 Å². The maximum atomic E-state index is 11.8. The van der Waals surface area contributed by atoms with Gasteiger partial charge in [0.25, 0.3) is 0 Å². The molecule has 0 spiro atoms. The Morgan fingerprint density at radius 2 is 1.95 bits per heavy atom. The summed E-state index contributed by atoms with van der Waals surface area (Å²) in [6, 6.07) is 7.25. The molecule has 0 N–H and O–H groups in total. The molecule has 1 heterocycles. The number of ether oxygens (including phenoxy) is 1. The summed E-state index contributed by atoms with van der Waals surface area (Å²) in [6.07, 6.45) is 0. The molecule has 0 saturated heterocycles. The third-order valence-electron chi connectivity index (χ3n) is 2.77. The molecule has 0 fully saturated rings. The molecule has 0 unspecified atom stereocenters. The van der Waals surface area contributed by atoms with Crippen molar-refractivity contribution < 1.29 is 9.15 Å². The summed E-state index contributed by atoms with van der Waals surface area (Å²) in [4.78, 5) is 11.8. The molecule has 0 aliphatic heterocycles. The molecule has 0 aliphatic carbocycles. The standard InChI is InChI=1S/C16H20N2O3/c1-11(2)10-20-13-8-6-12(7-9-13)14-17-18(15(19)21-14)16(3,4)5/h6-9H,1,10H2,2-5H3. The number of aromatic nitrogens is 2. The van der Waals surface area contributed by atoms with E-state index >= 15 is 0 Å². The third kappa shape index (κ3) is 3.62. The van der Waals surface area contributed by atoms with E-state index in [1.807, 2.05) is 52.0 Å². The van der Waals surface area contributed by atoms with Crippen molar-refractivity contribution in [2.24, 2.45) is 0 Å². The molecule has 1 aromatic carbocycles. The number of hydrogen-bond donors (Lipinski definition) is 0. The fourth-order valence-electron chi connectivity index (χ4n) is 1.72. The lowest BCUT2D eigenvalue weighted by atomic mass is 10.1. The van der Waals surface area contributed by atoms with Crippen molar-refractivity contribution >= 4 is 0 Å². The predicted molar refractivity (Wildman–Crippen MR) is 81.5 cm³/mol. The molecule has 2 rings (SSSR count). The molecule has 5 nitrogen and oxygen atoms in total. The van der Waals surface area contributed by atoms with Gasteiger partial charge in [-0.15, -0.1) is 5.10 Å². The maximum Gasteiger partial charge on any atom is 0.437 e. The summed E-state index contributed by atoms with van der Waals surface area (Å²) in [5.74, 6) is 0.584. The van der Waals surface area contributed by atoms with Gasteiger partial charge >= 0.3 is 5.76 Å². The summed E-state index contributed by atoms with van der Waals surface area (Å²) in [6.45, 7) is 11.9. The van der Waals surface area contributed by atoms with Gasteiger partial charge in [-0.2, -0.15) is 4.68 Å². The second-order valence-electron chi connectivity index (χ2n) is 6.03. The number of hydrogen-bond acceptors (Lipinski definition) is 4. The lowest BCUT2D eigenvalue weighted by Gasteiger charge is -2.15. The first-order chi connectivity index (χ1) is 9.77. The van der Waals surface area contributed by atoms with Gasteiger partial charge in [0.05, 0.1) is 5.54 Å². The van der Waals surface area contributed by atoms with Crippen molar-refractivity contribution in [2.75, 3.05) is 6.61 Å². The first-order valence-electron chi connectivity index (χ1n) is 6.75. The van der Waals surface area contributed by atoms with Crippen molar-refractivity contribution in [1.82, 2.24) is 9.78 Å². The Morgan fingerprint density at radius 3 is 2.43 bits per heavy atom. The highest BCUT2D eigenvalue weighted by Gasteiger charge is 2.20. The van der Waals surface area contributed by atoms with Crippen LogP contribution >= 0.6 is 0 Å². The summed E-state index contributed by atoms with van der Waals surface area (Å²) >= 11 is 0. The zero-order chi connectivity index (χ0) is 15.6. The van der Waals surface area contributed by atoms with Crippen LogP contribution < -0.4 is 10.5 Å². The van der Waals surface area contributed by atoms with Gasteiger partial charge in [0.2, 0.25) is 5.89 Å². The molecule has 0 atom stereocenters. The largest absolute Gasteiger partial charge is 0.489 e. The van der Waals surface area contributed by atoms with Crippen LogP contribution in [0, 0.1) is 0 Å². The average Bonchev–Trinajstić information content (AvgIpc) is 2.79. The zero-order valence-corrected chi connectivity index (χ0v) is 12.8. The molecule has 112 valence electrons. The van der Waals surface area contributed by atoms with E-state index in [4.69, 9.17) is 9.15 Å². The van der Waals surface area contributed by atoms with Crippen molar-refractivity contribution in [3.8, 4) is 17.2 Å². The SMILES string of the molecule is C=C(C)COc1ccc(-c2nn(C(C)(C)C)c(=O)o2)cc1. The Hall–Kier alpha value is -2.30. The monoisotopic (exact) mass is 288 g/mol. The summed E-state index contributed by atoms with van der Waals surface area (Å²) in [7, 11) is 0. The zero-order valence-electron chi connectivity index (χ0n) is 12.8. The van der Waals surface area contributed by atoms with Gasteiger partial charge in [0.15, 0.2) is 0 Å². The van der Waals surface area contributed by atoms with Gasteiger partial charge < -0.3 is 9.15 Å². The Balaban J connectivity index is 2.23. The molecule has 2 aromatic rings. The van der Waals surface area contributed by atoms with E-state index in [0.29, 0.717) is 12.5 Å². The van der Waals surface area contributed by atoms with Crippen molar-refractivity contribution in [2.45, 2.75) is 33.2 Å². The fraction of sp³-hybridized carbons (Fsp3) is 0.375. The number of nitrogens with zero attached hydrogens (tertiary/aromatic N) is 2. The Labute approximate surface area is 123 Å². The highest BCUT2D eigenvalue weighted by molar-refractivity contribution is 5.53. The molecule has 0 aliphatic rings. The van der Waals surface area contributed by atoms with Crippen LogP contribution in [-0.2, 0) is 5.54 Å². The van der Waals surface area contributed by atoms with Gasteiger partial charge in [-0.25, -0.2) is 4.79 Å². The van der Waals surface area contributed by atoms with Gasteiger partial charge in [0.1, 0.15) is 12.4 Å². The molecule has 0 saturated carbocycles. The highest BCUT2D eigenvalue weighted by Crippen LogP contribution is 2.21. The van der Waals surface area contributed by atoms with Crippen LogP contribution in [0.15, 0.2) is 45.6 Å². The van der Waals surface area contributed by atoms with Crippen LogP contribution in [0.25, 0.3) is 11.5 Å². The van der Waals surface area contributed by atoms with E-state index in [2.05, 4.69) is 11.7 Å². The highest BCUT2D eigenvalue weighted by atomic mass is 16.5. The van der Waals surface area contributed by atoms with Crippen LogP contribution in [0.3, 0.4) is 0 Å². The molecule has 21 heavy (non-hydrogen) atoms. The molecular weight excluding hydrogens is 268 g/mol. The molecule has 0 amide bonds.